The maximum atomic E-state index is 10.6. The quantitative estimate of drug-likeness (QED) is 0.556. The third-order valence-corrected chi connectivity index (χ3v) is 1.73. The van der Waals surface area contributed by atoms with E-state index in [1.54, 1.807) is 6.92 Å². The molecule has 2 unspecified atom stereocenters. The molecule has 0 saturated carbocycles. The Morgan fingerprint density at radius 3 is 2.36 bits per heavy atom. The molecular weight excluding hydrogens is 186 g/mol. The van der Waals surface area contributed by atoms with Gasteiger partial charge in [-0.05, 0) is 6.92 Å². The van der Waals surface area contributed by atoms with Crippen molar-refractivity contribution in [3.8, 4) is 0 Å². The summed E-state index contributed by atoms with van der Waals surface area (Å²) in [5.74, 6) is -0.451. The molecule has 0 fully saturated rings. The lowest BCUT2D eigenvalue weighted by Gasteiger charge is -2.13. The molecule has 1 heterocycles. The second-order valence-corrected chi connectivity index (χ2v) is 2.86. The normalized spacial score (nSPS) is 14.8. The van der Waals surface area contributed by atoms with Crippen LogP contribution in [0.3, 0.4) is 0 Å². The van der Waals surface area contributed by atoms with E-state index >= 15 is 0 Å². The molecule has 6 nitrogen and oxygen atoms in total. The largest absolute Gasteiger partial charge is 0.385 e. The van der Waals surface area contributed by atoms with E-state index in [4.69, 9.17) is 10.8 Å². The van der Waals surface area contributed by atoms with E-state index in [1.165, 1.54) is 12.4 Å². The number of carbonyl (C=O) groups is 1. The van der Waals surface area contributed by atoms with E-state index in [0.717, 1.165) is 0 Å². The van der Waals surface area contributed by atoms with Gasteiger partial charge in [-0.3, -0.25) is 4.79 Å². The lowest BCUT2D eigenvalue weighted by Crippen LogP contribution is -2.33. The predicted molar refractivity (Wildman–Crippen MR) is 46.9 cm³/mol. The summed E-state index contributed by atoms with van der Waals surface area (Å²) in [4.78, 5) is 18.2. The first kappa shape index (κ1) is 10.6. The van der Waals surface area contributed by atoms with Gasteiger partial charge in [0.05, 0.1) is 0 Å². The van der Waals surface area contributed by atoms with Gasteiger partial charge in [0.1, 0.15) is 11.9 Å². The van der Waals surface area contributed by atoms with Crippen LogP contribution in [0, 0.1) is 6.92 Å². The number of hydrogen-bond acceptors (Lipinski definition) is 5. The lowest BCUT2D eigenvalue weighted by molar-refractivity contribution is -0.132. The summed E-state index contributed by atoms with van der Waals surface area (Å²) in [5, 5.41) is 18.6. The molecular formula is C8H11N3O3. The number of carbonyl (C=O) groups excluding carboxylic acids is 1. The Balaban J connectivity index is 2.84. The molecule has 0 aromatic carbocycles. The predicted octanol–water partition coefficient (Wildman–Crippen LogP) is -1.34. The van der Waals surface area contributed by atoms with Crippen LogP contribution in [-0.2, 0) is 4.79 Å². The molecule has 2 atom stereocenters. The summed E-state index contributed by atoms with van der Waals surface area (Å²) >= 11 is 0. The van der Waals surface area contributed by atoms with Crippen LogP contribution in [0.25, 0.3) is 0 Å². The van der Waals surface area contributed by atoms with E-state index in [2.05, 4.69) is 9.97 Å². The summed E-state index contributed by atoms with van der Waals surface area (Å²) in [7, 11) is 0. The van der Waals surface area contributed by atoms with Gasteiger partial charge < -0.3 is 15.9 Å². The zero-order chi connectivity index (χ0) is 10.7. The van der Waals surface area contributed by atoms with Crippen molar-refractivity contribution in [1.82, 2.24) is 9.97 Å². The first-order chi connectivity index (χ1) is 6.52. The molecule has 0 spiro atoms. The Kier molecular flexibility index (Phi) is 3.10. The van der Waals surface area contributed by atoms with Crippen LogP contribution < -0.4 is 5.73 Å². The van der Waals surface area contributed by atoms with E-state index < -0.39 is 18.1 Å². The molecule has 14 heavy (non-hydrogen) atoms. The maximum absolute atomic E-state index is 10.6. The zero-order valence-electron chi connectivity index (χ0n) is 7.58. The molecule has 4 N–H and O–H groups in total. The molecule has 1 aromatic heterocycles. The van der Waals surface area contributed by atoms with Crippen molar-refractivity contribution in [2.45, 2.75) is 19.1 Å². The monoisotopic (exact) mass is 197 g/mol. The van der Waals surface area contributed by atoms with Crippen LogP contribution in [-0.4, -0.2) is 32.2 Å². The molecule has 1 amide bonds. The van der Waals surface area contributed by atoms with Gasteiger partial charge in [0.2, 0.25) is 5.91 Å². The number of aliphatic hydroxyl groups excluding tert-OH is 2. The number of primary amides is 1. The van der Waals surface area contributed by atoms with Gasteiger partial charge in [-0.2, -0.15) is 0 Å². The molecule has 0 aliphatic heterocycles. The standard InChI is InChI=1S/C8H11N3O3/c1-4-10-2-5(3-11-4)6(12)7(13)8(9)14/h2-3,6-7,12-13H,1H3,(H2,9,14). The van der Waals surface area contributed by atoms with Crippen LogP contribution >= 0.6 is 0 Å². The van der Waals surface area contributed by atoms with E-state index in [0.29, 0.717) is 5.82 Å². The first-order valence-electron chi connectivity index (χ1n) is 3.96. The number of nitrogens with two attached hydrogens (primary N) is 1. The summed E-state index contributed by atoms with van der Waals surface area (Å²) in [6.07, 6.45) is -0.354. The molecule has 0 aliphatic rings. The number of amides is 1. The van der Waals surface area contributed by atoms with Crippen LogP contribution in [0.2, 0.25) is 0 Å². The van der Waals surface area contributed by atoms with E-state index in [9.17, 15) is 9.90 Å². The second kappa shape index (κ2) is 4.12. The van der Waals surface area contributed by atoms with Gasteiger partial charge >= 0.3 is 0 Å². The van der Waals surface area contributed by atoms with Crippen LogP contribution in [0.15, 0.2) is 12.4 Å². The average molecular weight is 197 g/mol. The molecule has 6 heteroatoms. The van der Waals surface area contributed by atoms with Crippen molar-refractivity contribution >= 4 is 5.91 Å². The second-order valence-electron chi connectivity index (χ2n) is 2.86. The lowest BCUT2D eigenvalue weighted by atomic mass is 10.1. The van der Waals surface area contributed by atoms with Crippen molar-refractivity contribution in [3.63, 3.8) is 0 Å². The summed E-state index contributed by atoms with van der Waals surface area (Å²) in [6, 6.07) is 0. The molecule has 1 rings (SSSR count). The number of aromatic nitrogens is 2. The van der Waals surface area contributed by atoms with Crippen molar-refractivity contribution in [2.24, 2.45) is 5.73 Å². The van der Waals surface area contributed by atoms with Crippen molar-refractivity contribution in [1.29, 1.82) is 0 Å². The Morgan fingerprint density at radius 2 is 1.93 bits per heavy atom. The molecule has 0 bridgehead atoms. The zero-order valence-corrected chi connectivity index (χ0v) is 7.58. The average Bonchev–Trinajstić information content (AvgIpc) is 2.16. The minimum absolute atomic E-state index is 0.252. The Hall–Kier alpha value is -1.53. The Labute approximate surface area is 80.4 Å². The molecule has 0 radical (unpaired) electrons. The number of nitrogens with zero attached hydrogens (tertiary/aromatic N) is 2. The van der Waals surface area contributed by atoms with Crippen molar-refractivity contribution in [3.05, 3.63) is 23.8 Å². The van der Waals surface area contributed by atoms with E-state index in [-0.39, 0.29) is 5.56 Å². The number of aliphatic hydroxyl groups is 2. The topological polar surface area (TPSA) is 109 Å². The highest BCUT2D eigenvalue weighted by atomic mass is 16.3. The van der Waals surface area contributed by atoms with Crippen LogP contribution in [0.4, 0.5) is 0 Å². The minimum Gasteiger partial charge on any atom is -0.385 e. The highest BCUT2D eigenvalue weighted by Gasteiger charge is 2.23. The SMILES string of the molecule is Cc1ncc(C(O)C(O)C(N)=O)cn1. The first-order valence-corrected chi connectivity index (χ1v) is 3.96. The fourth-order valence-corrected chi connectivity index (χ4v) is 0.893. The third kappa shape index (κ3) is 2.24. The van der Waals surface area contributed by atoms with Gasteiger partial charge in [0.15, 0.2) is 6.10 Å². The Bertz CT molecular complexity index is 325. The van der Waals surface area contributed by atoms with E-state index in [1.807, 2.05) is 0 Å². The van der Waals surface area contributed by atoms with Gasteiger partial charge in [-0.15, -0.1) is 0 Å². The summed E-state index contributed by atoms with van der Waals surface area (Å²) in [6.45, 7) is 1.68. The number of hydrogen-bond donors (Lipinski definition) is 3. The highest BCUT2D eigenvalue weighted by Crippen LogP contribution is 2.14. The maximum Gasteiger partial charge on any atom is 0.249 e. The van der Waals surface area contributed by atoms with Gasteiger partial charge in [-0.1, -0.05) is 0 Å². The molecule has 76 valence electrons. The van der Waals surface area contributed by atoms with Crippen molar-refractivity contribution < 1.29 is 15.0 Å². The number of rotatable bonds is 3. The smallest absolute Gasteiger partial charge is 0.249 e. The van der Waals surface area contributed by atoms with Gasteiger partial charge in [0.25, 0.3) is 0 Å². The van der Waals surface area contributed by atoms with Crippen LogP contribution in [0.5, 0.6) is 0 Å². The minimum atomic E-state index is -1.64. The third-order valence-electron chi connectivity index (χ3n) is 1.73. The van der Waals surface area contributed by atoms with Gasteiger partial charge in [-0.25, -0.2) is 9.97 Å². The molecule has 0 saturated heterocycles. The summed E-state index contributed by atoms with van der Waals surface area (Å²) in [5.41, 5.74) is 5.07. The van der Waals surface area contributed by atoms with Gasteiger partial charge in [0, 0.05) is 18.0 Å². The fraction of sp³-hybridized carbons (Fsp3) is 0.375. The molecule has 0 aliphatic carbocycles. The fourth-order valence-electron chi connectivity index (χ4n) is 0.893. The molecule has 1 aromatic rings. The summed E-state index contributed by atoms with van der Waals surface area (Å²) < 4.78 is 0. The highest BCUT2D eigenvalue weighted by molar-refractivity contribution is 5.79. The van der Waals surface area contributed by atoms with Crippen molar-refractivity contribution in [2.75, 3.05) is 0 Å². The Morgan fingerprint density at radius 1 is 1.43 bits per heavy atom. The van der Waals surface area contributed by atoms with Crippen LogP contribution in [0.1, 0.15) is 17.5 Å². The number of aryl methyl sites for hydroxylation is 1.